The Bertz CT molecular complexity index is 787. The fourth-order valence-electron chi connectivity index (χ4n) is 2.44. The highest BCUT2D eigenvalue weighted by Crippen LogP contribution is 2.22. The molecule has 130 valence electrons. The van der Waals surface area contributed by atoms with E-state index in [2.05, 4.69) is 9.36 Å². The molecule has 0 amide bonds. The molecule has 0 N–H and O–H groups in total. The fourth-order valence-corrected chi connectivity index (χ4v) is 4.58. The van der Waals surface area contributed by atoms with E-state index >= 15 is 0 Å². The van der Waals surface area contributed by atoms with Crippen molar-refractivity contribution in [3.05, 3.63) is 35.9 Å². The number of sulfonamides is 1. The lowest BCUT2D eigenvalue weighted by atomic mass is 10.4. The van der Waals surface area contributed by atoms with Crippen molar-refractivity contribution < 1.29 is 17.5 Å². The topological polar surface area (TPSA) is 75.6 Å². The molecule has 24 heavy (non-hydrogen) atoms. The Morgan fingerprint density at radius 2 is 1.88 bits per heavy atom. The second-order valence-corrected chi connectivity index (χ2v) is 7.94. The number of anilines is 1. The van der Waals surface area contributed by atoms with Gasteiger partial charge in [-0.15, -0.1) is 0 Å². The number of aromatic nitrogens is 2. The van der Waals surface area contributed by atoms with Gasteiger partial charge in [-0.3, -0.25) is 0 Å². The Balaban J connectivity index is 1.66. The summed E-state index contributed by atoms with van der Waals surface area (Å²) in [6.07, 6.45) is 0. The first-order chi connectivity index (χ1) is 11.5. The van der Waals surface area contributed by atoms with E-state index in [0.29, 0.717) is 38.6 Å². The van der Waals surface area contributed by atoms with Crippen LogP contribution >= 0.6 is 11.5 Å². The van der Waals surface area contributed by atoms with E-state index in [1.165, 1.54) is 28.0 Å². The molecule has 0 radical (unpaired) electrons. The SMILES string of the molecule is COCc1nsc(N2CCN(S(=O)(=O)c3ccc(F)cc3)CC2)n1. The van der Waals surface area contributed by atoms with Crippen LogP contribution in [-0.2, 0) is 21.4 Å². The number of piperazine rings is 1. The predicted molar refractivity (Wildman–Crippen MR) is 88.0 cm³/mol. The summed E-state index contributed by atoms with van der Waals surface area (Å²) < 4.78 is 48.7. The zero-order valence-electron chi connectivity index (χ0n) is 13.1. The van der Waals surface area contributed by atoms with E-state index in [1.54, 1.807) is 7.11 Å². The van der Waals surface area contributed by atoms with Crippen LogP contribution in [-0.4, -0.2) is 55.4 Å². The van der Waals surface area contributed by atoms with E-state index in [0.717, 1.165) is 17.3 Å². The predicted octanol–water partition coefficient (Wildman–Crippen LogP) is 1.33. The molecular formula is C14H17FN4O3S2. The second-order valence-electron chi connectivity index (χ2n) is 5.27. The smallest absolute Gasteiger partial charge is 0.243 e. The molecule has 0 saturated carbocycles. The van der Waals surface area contributed by atoms with Crippen LogP contribution in [0.4, 0.5) is 9.52 Å². The van der Waals surface area contributed by atoms with Gasteiger partial charge in [-0.1, -0.05) is 0 Å². The Hall–Kier alpha value is -1.62. The highest BCUT2D eigenvalue weighted by atomic mass is 32.2. The molecule has 2 aromatic rings. The quantitative estimate of drug-likeness (QED) is 0.788. The van der Waals surface area contributed by atoms with Gasteiger partial charge >= 0.3 is 0 Å². The number of benzene rings is 1. The van der Waals surface area contributed by atoms with Crippen molar-refractivity contribution in [2.45, 2.75) is 11.5 Å². The van der Waals surface area contributed by atoms with Crippen molar-refractivity contribution in [3.63, 3.8) is 0 Å². The zero-order valence-corrected chi connectivity index (χ0v) is 14.7. The van der Waals surface area contributed by atoms with Gasteiger partial charge in [-0.2, -0.15) is 8.68 Å². The summed E-state index contributed by atoms with van der Waals surface area (Å²) >= 11 is 1.28. The molecule has 1 aliphatic heterocycles. The van der Waals surface area contributed by atoms with Crippen LogP contribution in [0.3, 0.4) is 0 Å². The first-order valence-electron chi connectivity index (χ1n) is 7.33. The van der Waals surface area contributed by atoms with E-state index in [9.17, 15) is 12.8 Å². The van der Waals surface area contributed by atoms with E-state index in [4.69, 9.17) is 4.74 Å². The third-order valence-electron chi connectivity index (χ3n) is 3.69. The highest BCUT2D eigenvalue weighted by Gasteiger charge is 2.29. The molecule has 1 aromatic carbocycles. The number of hydrogen-bond acceptors (Lipinski definition) is 7. The lowest BCUT2D eigenvalue weighted by Gasteiger charge is -2.33. The van der Waals surface area contributed by atoms with Gasteiger partial charge in [0.15, 0.2) is 5.82 Å². The normalized spacial score (nSPS) is 16.5. The third-order valence-corrected chi connectivity index (χ3v) is 6.42. The molecule has 10 heteroatoms. The average Bonchev–Trinajstić information content (AvgIpc) is 3.04. The molecule has 0 spiro atoms. The van der Waals surface area contributed by atoms with Gasteiger partial charge in [0, 0.05) is 44.8 Å². The van der Waals surface area contributed by atoms with Crippen molar-refractivity contribution in [3.8, 4) is 0 Å². The maximum absolute atomic E-state index is 13.0. The molecule has 1 aliphatic rings. The number of rotatable bonds is 5. The van der Waals surface area contributed by atoms with Crippen molar-refractivity contribution in [1.82, 2.24) is 13.7 Å². The van der Waals surface area contributed by atoms with Crippen molar-refractivity contribution in [1.29, 1.82) is 0 Å². The Morgan fingerprint density at radius 3 is 2.50 bits per heavy atom. The molecule has 3 rings (SSSR count). The van der Waals surface area contributed by atoms with Gasteiger partial charge in [0.1, 0.15) is 12.4 Å². The molecule has 0 unspecified atom stereocenters. The largest absolute Gasteiger partial charge is 0.377 e. The molecule has 7 nitrogen and oxygen atoms in total. The van der Waals surface area contributed by atoms with Crippen molar-refractivity contribution in [2.24, 2.45) is 0 Å². The highest BCUT2D eigenvalue weighted by molar-refractivity contribution is 7.89. The lowest BCUT2D eigenvalue weighted by molar-refractivity contribution is 0.179. The van der Waals surface area contributed by atoms with Gasteiger partial charge in [0.2, 0.25) is 15.2 Å². The maximum atomic E-state index is 13.0. The fraction of sp³-hybridized carbons (Fsp3) is 0.429. The number of methoxy groups -OCH3 is 1. The lowest BCUT2D eigenvalue weighted by Crippen LogP contribution is -2.48. The molecule has 0 aliphatic carbocycles. The van der Waals surface area contributed by atoms with Gasteiger partial charge in [-0.25, -0.2) is 17.8 Å². The number of hydrogen-bond donors (Lipinski definition) is 0. The Labute approximate surface area is 143 Å². The summed E-state index contributed by atoms with van der Waals surface area (Å²) in [7, 11) is -2.02. The molecule has 0 bridgehead atoms. The van der Waals surface area contributed by atoms with Crippen molar-refractivity contribution >= 4 is 26.7 Å². The molecule has 1 aromatic heterocycles. The molecule has 2 heterocycles. The first kappa shape index (κ1) is 17.2. The van der Waals surface area contributed by atoms with Crippen LogP contribution in [0.15, 0.2) is 29.2 Å². The molecule has 0 atom stereocenters. The van der Waals surface area contributed by atoms with E-state index in [-0.39, 0.29) is 4.90 Å². The maximum Gasteiger partial charge on any atom is 0.243 e. The monoisotopic (exact) mass is 372 g/mol. The van der Waals surface area contributed by atoms with Crippen LogP contribution in [0.25, 0.3) is 0 Å². The van der Waals surface area contributed by atoms with Crippen LogP contribution in [0.5, 0.6) is 0 Å². The van der Waals surface area contributed by atoms with Crippen LogP contribution in [0, 0.1) is 5.82 Å². The van der Waals surface area contributed by atoms with E-state index < -0.39 is 15.8 Å². The summed E-state index contributed by atoms with van der Waals surface area (Å²) in [5.74, 6) is 0.167. The van der Waals surface area contributed by atoms with Gasteiger partial charge in [0.25, 0.3) is 0 Å². The second kappa shape index (κ2) is 7.09. The van der Waals surface area contributed by atoms with Crippen molar-refractivity contribution in [2.75, 3.05) is 38.2 Å². The molecule has 1 fully saturated rings. The number of halogens is 1. The minimum Gasteiger partial charge on any atom is -0.377 e. The summed E-state index contributed by atoms with van der Waals surface area (Å²) in [6.45, 7) is 2.11. The summed E-state index contributed by atoms with van der Waals surface area (Å²) in [5.41, 5.74) is 0. The van der Waals surface area contributed by atoms with Gasteiger partial charge in [-0.05, 0) is 24.3 Å². The minimum atomic E-state index is -3.60. The van der Waals surface area contributed by atoms with E-state index in [1.807, 2.05) is 4.90 Å². The van der Waals surface area contributed by atoms with Gasteiger partial charge < -0.3 is 9.64 Å². The Kier molecular flexibility index (Phi) is 5.09. The zero-order chi connectivity index (χ0) is 17.2. The average molecular weight is 372 g/mol. The summed E-state index contributed by atoms with van der Waals surface area (Å²) in [6, 6.07) is 4.89. The summed E-state index contributed by atoms with van der Waals surface area (Å²) in [4.78, 5) is 6.49. The Morgan fingerprint density at radius 1 is 1.21 bits per heavy atom. The molecule has 1 saturated heterocycles. The third kappa shape index (κ3) is 3.56. The van der Waals surface area contributed by atoms with Crippen LogP contribution in [0.2, 0.25) is 0 Å². The van der Waals surface area contributed by atoms with Crippen LogP contribution in [0.1, 0.15) is 5.82 Å². The van der Waals surface area contributed by atoms with Gasteiger partial charge in [0.05, 0.1) is 4.90 Å². The number of ether oxygens (including phenoxy) is 1. The van der Waals surface area contributed by atoms with Crippen LogP contribution < -0.4 is 4.90 Å². The summed E-state index contributed by atoms with van der Waals surface area (Å²) in [5, 5.41) is 0.765. The standard InChI is InChI=1S/C14H17FN4O3S2/c1-22-10-13-16-14(23-17-13)18-6-8-19(9-7-18)24(20,21)12-4-2-11(15)3-5-12/h2-5H,6-10H2,1H3. The molecular weight excluding hydrogens is 355 g/mol. The first-order valence-corrected chi connectivity index (χ1v) is 9.54. The minimum absolute atomic E-state index is 0.107. The number of nitrogens with zero attached hydrogens (tertiary/aromatic N) is 4.